The Kier molecular flexibility index (Phi) is 6.59. The number of nitrogens with zero attached hydrogens (tertiary/aromatic N) is 3. The summed E-state index contributed by atoms with van der Waals surface area (Å²) >= 11 is 1.74. The number of carbonyl (C=O) groups excluding carboxylic acids is 1. The summed E-state index contributed by atoms with van der Waals surface area (Å²) in [7, 11) is 0. The molecule has 0 radical (unpaired) electrons. The van der Waals surface area contributed by atoms with Gasteiger partial charge in [0.25, 0.3) is 0 Å². The first-order valence-electron chi connectivity index (χ1n) is 8.81. The molecule has 0 saturated heterocycles. The second-order valence-corrected chi connectivity index (χ2v) is 7.36. The van der Waals surface area contributed by atoms with Crippen LogP contribution in [0.3, 0.4) is 0 Å². The molecule has 0 unspecified atom stereocenters. The lowest BCUT2D eigenvalue weighted by Gasteiger charge is -2.06. The molecule has 0 aliphatic rings. The van der Waals surface area contributed by atoms with Gasteiger partial charge in [0.1, 0.15) is 0 Å². The molecule has 0 fully saturated rings. The third-order valence-corrected chi connectivity index (χ3v) is 5.14. The summed E-state index contributed by atoms with van der Waals surface area (Å²) in [6, 6.07) is 10.0. The van der Waals surface area contributed by atoms with Crippen LogP contribution in [0.5, 0.6) is 0 Å². The number of thioether (sulfide) groups is 1. The van der Waals surface area contributed by atoms with Gasteiger partial charge in [-0.05, 0) is 49.2 Å². The average molecular weight is 382 g/mol. The van der Waals surface area contributed by atoms with Crippen molar-refractivity contribution in [2.45, 2.75) is 31.6 Å². The van der Waals surface area contributed by atoms with Crippen molar-refractivity contribution in [2.24, 2.45) is 0 Å². The molecular weight excluding hydrogens is 360 g/mol. The van der Waals surface area contributed by atoms with Gasteiger partial charge in [-0.1, -0.05) is 11.2 Å². The molecule has 1 amide bonds. The van der Waals surface area contributed by atoms with Gasteiger partial charge in [-0.25, -0.2) is 0 Å². The van der Waals surface area contributed by atoms with Gasteiger partial charge < -0.3 is 9.84 Å². The van der Waals surface area contributed by atoms with Crippen LogP contribution in [0.1, 0.15) is 23.4 Å². The number of rotatable bonds is 8. The predicted octanol–water partition coefficient (Wildman–Crippen LogP) is 3.59. The van der Waals surface area contributed by atoms with Gasteiger partial charge in [0, 0.05) is 48.0 Å². The summed E-state index contributed by atoms with van der Waals surface area (Å²) in [6.45, 7) is 4.84. The number of hydrogen-bond donors (Lipinski definition) is 1. The van der Waals surface area contributed by atoms with E-state index in [1.165, 1.54) is 16.0 Å². The van der Waals surface area contributed by atoms with Crippen LogP contribution >= 0.6 is 11.8 Å². The standard InChI is InChI=1S/C20H22N4O2S/c1-14-3-4-17(13-15(14)2)27-12-11-22-18(25)5-6-19-23-20(24-26-19)16-7-9-21-10-8-16/h3-4,7-10,13H,5-6,11-12H2,1-2H3,(H,22,25). The number of carbonyl (C=O) groups is 1. The van der Waals surface area contributed by atoms with Gasteiger partial charge in [0.15, 0.2) is 0 Å². The SMILES string of the molecule is Cc1ccc(SCCNC(=O)CCc2nc(-c3ccncc3)no2)cc1C. The van der Waals surface area contributed by atoms with Gasteiger partial charge in [-0.3, -0.25) is 9.78 Å². The Morgan fingerprint density at radius 2 is 1.96 bits per heavy atom. The summed E-state index contributed by atoms with van der Waals surface area (Å²) in [5.41, 5.74) is 3.42. The van der Waals surface area contributed by atoms with E-state index in [1.807, 2.05) is 12.1 Å². The molecule has 1 N–H and O–H groups in total. The minimum absolute atomic E-state index is 0.0145. The fourth-order valence-corrected chi connectivity index (χ4v) is 3.31. The number of aromatic nitrogens is 3. The maximum Gasteiger partial charge on any atom is 0.227 e. The van der Waals surface area contributed by atoms with E-state index in [4.69, 9.17) is 4.52 Å². The van der Waals surface area contributed by atoms with Gasteiger partial charge in [0.2, 0.25) is 17.6 Å². The van der Waals surface area contributed by atoms with Crippen LogP contribution < -0.4 is 5.32 Å². The average Bonchev–Trinajstić information content (AvgIpc) is 3.16. The fourth-order valence-electron chi connectivity index (χ4n) is 2.45. The van der Waals surface area contributed by atoms with E-state index in [9.17, 15) is 4.79 Å². The van der Waals surface area contributed by atoms with Crippen LogP contribution in [0, 0.1) is 13.8 Å². The Hall–Kier alpha value is -2.67. The van der Waals surface area contributed by atoms with Crippen molar-refractivity contribution in [1.82, 2.24) is 20.4 Å². The van der Waals surface area contributed by atoms with Crippen molar-refractivity contribution >= 4 is 17.7 Å². The van der Waals surface area contributed by atoms with E-state index >= 15 is 0 Å². The van der Waals surface area contributed by atoms with Crippen LogP contribution in [0.2, 0.25) is 0 Å². The molecule has 0 saturated carbocycles. The van der Waals surface area contributed by atoms with Crippen molar-refractivity contribution < 1.29 is 9.32 Å². The Morgan fingerprint density at radius 1 is 1.15 bits per heavy atom. The van der Waals surface area contributed by atoms with Crippen LogP contribution in [-0.2, 0) is 11.2 Å². The third-order valence-electron chi connectivity index (χ3n) is 4.14. The largest absolute Gasteiger partial charge is 0.355 e. The van der Waals surface area contributed by atoms with Gasteiger partial charge >= 0.3 is 0 Å². The molecule has 0 spiro atoms. The maximum atomic E-state index is 12.0. The molecule has 3 aromatic rings. The molecule has 0 aliphatic carbocycles. The lowest BCUT2D eigenvalue weighted by Crippen LogP contribution is -2.25. The van der Waals surface area contributed by atoms with Crippen molar-refractivity contribution in [3.05, 3.63) is 59.7 Å². The van der Waals surface area contributed by atoms with E-state index in [1.54, 1.807) is 24.2 Å². The predicted molar refractivity (Wildman–Crippen MR) is 105 cm³/mol. The van der Waals surface area contributed by atoms with E-state index in [0.29, 0.717) is 31.1 Å². The molecule has 27 heavy (non-hydrogen) atoms. The summed E-state index contributed by atoms with van der Waals surface area (Å²) in [5.74, 6) is 1.79. The number of hydrogen-bond acceptors (Lipinski definition) is 6. The minimum atomic E-state index is -0.0145. The molecule has 140 valence electrons. The highest BCUT2D eigenvalue weighted by atomic mass is 32.2. The molecule has 3 rings (SSSR count). The number of nitrogens with one attached hydrogen (secondary N) is 1. The topological polar surface area (TPSA) is 80.9 Å². The van der Waals surface area contributed by atoms with Crippen LogP contribution in [0.25, 0.3) is 11.4 Å². The first-order chi connectivity index (χ1) is 13.1. The number of amides is 1. The smallest absolute Gasteiger partial charge is 0.227 e. The zero-order valence-corrected chi connectivity index (χ0v) is 16.3. The molecule has 0 aliphatic heterocycles. The van der Waals surface area contributed by atoms with Crippen molar-refractivity contribution in [2.75, 3.05) is 12.3 Å². The molecule has 1 aromatic carbocycles. The molecule has 2 heterocycles. The van der Waals surface area contributed by atoms with Crippen molar-refractivity contribution in [1.29, 1.82) is 0 Å². The zero-order chi connectivity index (χ0) is 19.1. The van der Waals surface area contributed by atoms with E-state index in [0.717, 1.165) is 11.3 Å². The zero-order valence-electron chi connectivity index (χ0n) is 15.4. The van der Waals surface area contributed by atoms with Crippen LogP contribution in [-0.4, -0.2) is 33.3 Å². The Morgan fingerprint density at radius 3 is 2.74 bits per heavy atom. The normalized spacial score (nSPS) is 10.7. The molecule has 0 atom stereocenters. The summed E-state index contributed by atoms with van der Waals surface area (Å²) in [4.78, 5) is 21.5. The molecule has 2 aromatic heterocycles. The lowest BCUT2D eigenvalue weighted by molar-refractivity contribution is -0.121. The molecule has 6 nitrogen and oxygen atoms in total. The van der Waals surface area contributed by atoms with E-state index in [2.05, 4.69) is 52.5 Å². The Balaban J connectivity index is 1.37. The van der Waals surface area contributed by atoms with Crippen LogP contribution in [0.4, 0.5) is 0 Å². The Labute approximate surface area is 162 Å². The van der Waals surface area contributed by atoms with E-state index in [-0.39, 0.29) is 5.91 Å². The van der Waals surface area contributed by atoms with E-state index < -0.39 is 0 Å². The van der Waals surface area contributed by atoms with Gasteiger partial charge in [-0.15, -0.1) is 11.8 Å². The summed E-state index contributed by atoms with van der Waals surface area (Å²) in [6.07, 6.45) is 4.10. The highest BCUT2D eigenvalue weighted by Crippen LogP contribution is 2.20. The Bertz CT molecular complexity index is 896. The quantitative estimate of drug-likeness (QED) is 0.474. The van der Waals surface area contributed by atoms with Gasteiger partial charge in [-0.2, -0.15) is 4.98 Å². The fraction of sp³-hybridized carbons (Fsp3) is 0.300. The first kappa shape index (κ1) is 19.1. The number of aryl methyl sites for hydroxylation is 3. The number of pyridine rings is 1. The van der Waals surface area contributed by atoms with Crippen LogP contribution in [0.15, 0.2) is 52.1 Å². The van der Waals surface area contributed by atoms with Crippen molar-refractivity contribution in [3.63, 3.8) is 0 Å². The van der Waals surface area contributed by atoms with Gasteiger partial charge in [0.05, 0.1) is 0 Å². The molecule has 7 heteroatoms. The van der Waals surface area contributed by atoms with Crippen molar-refractivity contribution in [3.8, 4) is 11.4 Å². The number of benzene rings is 1. The molecule has 0 bridgehead atoms. The second kappa shape index (κ2) is 9.32. The maximum absolute atomic E-state index is 12.0. The monoisotopic (exact) mass is 382 g/mol. The minimum Gasteiger partial charge on any atom is -0.355 e. The summed E-state index contributed by atoms with van der Waals surface area (Å²) < 4.78 is 5.21. The molecular formula is C20H22N4O2S. The highest BCUT2D eigenvalue weighted by molar-refractivity contribution is 7.99. The first-order valence-corrected chi connectivity index (χ1v) is 9.80. The second-order valence-electron chi connectivity index (χ2n) is 6.19. The third kappa shape index (κ3) is 5.65. The summed E-state index contributed by atoms with van der Waals surface area (Å²) in [5, 5.41) is 6.87. The highest BCUT2D eigenvalue weighted by Gasteiger charge is 2.10. The lowest BCUT2D eigenvalue weighted by atomic mass is 10.1.